The molecule has 6 rings (SSSR count). The molecule has 0 bridgehead atoms. The zero-order valence-corrected chi connectivity index (χ0v) is 17.0. The molecule has 0 aliphatic rings. The van der Waals surface area contributed by atoms with E-state index in [2.05, 4.69) is 14.7 Å². The van der Waals surface area contributed by atoms with Crippen LogP contribution in [0.3, 0.4) is 0 Å². The number of fused-ring (bicyclic) bond motifs is 2. The van der Waals surface area contributed by atoms with E-state index in [4.69, 9.17) is 4.52 Å². The number of nitrogens with zero attached hydrogens (tertiary/aromatic N) is 3. The summed E-state index contributed by atoms with van der Waals surface area (Å²) in [5.74, 6) is 1.02. The lowest BCUT2D eigenvalue weighted by Gasteiger charge is -2.15. The molecule has 0 aliphatic carbocycles. The Morgan fingerprint density at radius 2 is 1.22 bits per heavy atom. The molecule has 0 aliphatic heterocycles. The Kier molecular flexibility index (Phi) is 4.18. The molecule has 0 radical (unpaired) electrons. The van der Waals surface area contributed by atoms with E-state index in [1.54, 1.807) is 0 Å². The predicted molar refractivity (Wildman–Crippen MR) is 126 cm³/mol. The minimum Gasteiger partial charge on any atom is -0.334 e. The van der Waals surface area contributed by atoms with Gasteiger partial charge in [0.1, 0.15) is 0 Å². The van der Waals surface area contributed by atoms with Crippen LogP contribution in [0.25, 0.3) is 50.3 Å². The summed E-state index contributed by atoms with van der Waals surface area (Å²) in [6, 6.07) is 33.0. The summed E-state index contributed by atoms with van der Waals surface area (Å²) in [6.07, 6.45) is 0. The molecule has 0 amide bonds. The summed E-state index contributed by atoms with van der Waals surface area (Å²) in [5.41, 5.74) is 4.47. The number of hydrogen-bond acceptors (Lipinski definition) is 4. The van der Waals surface area contributed by atoms with Crippen molar-refractivity contribution in [1.82, 2.24) is 14.7 Å². The van der Waals surface area contributed by atoms with Crippen LogP contribution in [0.1, 0.15) is 0 Å². The molecule has 0 spiro atoms. The third-order valence-corrected chi connectivity index (χ3v) is 5.61. The van der Waals surface area contributed by atoms with Gasteiger partial charge in [-0.15, -0.1) is 0 Å². The Morgan fingerprint density at radius 3 is 1.88 bits per heavy atom. The maximum Gasteiger partial charge on any atom is 0.258 e. The first-order valence-electron chi connectivity index (χ1n) is 10.3. The van der Waals surface area contributed by atoms with E-state index in [0.717, 1.165) is 27.8 Å². The molecular formula is C27H17N3O2. The Labute approximate surface area is 183 Å². The van der Waals surface area contributed by atoms with Crippen molar-refractivity contribution >= 4 is 21.8 Å². The lowest BCUT2D eigenvalue weighted by atomic mass is 10.1. The first kappa shape index (κ1) is 18.3. The van der Waals surface area contributed by atoms with Crippen LogP contribution >= 0.6 is 0 Å². The molecule has 4 aromatic carbocycles. The number of rotatable bonds is 3. The molecule has 0 saturated carbocycles. The molecule has 2 aromatic heterocycles. The van der Waals surface area contributed by atoms with Gasteiger partial charge in [0.2, 0.25) is 5.82 Å². The molecule has 0 atom stereocenters. The number of aromatic nitrogens is 3. The summed E-state index contributed by atoms with van der Waals surface area (Å²) >= 11 is 0. The van der Waals surface area contributed by atoms with Crippen LogP contribution in [-0.2, 0) is 0 Å². The van der Waals surface area contributed by atoms with E-state index in [-0.39, 0.29) is 5.43 Å². The van der Waals surface area contributed by atoms with Crippen LogP contribution in [0.15, 0.2) is 112 Å². The monoisotopic (exact) mass is 415 g/mol. The average molecular weight is 415 g/mol. The smallest absolute Gasteiger partial charge is 0.258 e. The maximum absolute atomic E-state index is 13.0. The highest BCUT2D eigenvalue weighted by atomic mass is 16.5. The van der Waals surface area contributed by atoms with Crippen LogP contribution in [0.2, 0.25) is 0 Å². The second kappa shape index (κ2) is 7.32. The molecule has 0 saturated heterocycles. The van der Waals surface area contributed by atoms with Crippen molar-refractivity contribution in [3.8, 4) is 28.5 Å². The van der Waals surface area contributed by atoms with Crippen molar-refractivity contribution in [2.24, 2.45) is 0 Å². The minimum absolute atomic E-state index is 0.0448. The fourth-order valence-corrected chi connectivity index (χ4v) is 4.07. The van der Waals surface area contributed by atoms with Crippen molar-refractivity contribution in [3.05, 3.63) is 113 Å². The molecule has 6 aromatic rings. The van der Waals surface area contributed by atoms with Gasteiger partial charge >= 0.3 is 0 Å². The van der Waals surface area contributed by atoms with Crippen LogP contribution < -0.4 is 5.43 Å². The van der Waals surface area contributed by atoms with Crippen LogP contribution in [-0.4, -0.2) is 14.7 Å². The Balaban J connectivity index is 1.48. The summed E-state index contributed by atoms with van der Waals surface area (Å²) < 4.78 is 7.61. The fourth-order valence-electron chi connectivity index (χ4n) is 4.07. The van der Waals surface area contributed by atoms with Crippen molar-refractivity contribution in [3.63, 3.8) is 0 Å². The molecule has 152 valence electrons. The zero-order chi connectivity index (χ0) is 21.5. The van der Waals surface area contributed by atoms with Crippen LogP contribution in [0, 0.1) is 0 Å². The zero-order valence-electron chi connectivity index (χ0n) is 17.0. The lowest BCUT2D eigenvalue weighted by Crippen LogP contribution is -2.10. The SMILES string of the molecule is O=c1c2ccccc2n(-c2ccc(-c3nc(-c4ccccc4)no3)cc2)c2ccccc12. The molecule has 0 fully saturated rings. The number of para-hydroxylation sites is 2. The summed E-state index contributed by atoms with van der Waals surface area (Å²) in [5, 5.41) is 5.50. The second-order valence-electron chi connectivity index (χ2n) is 7.53. The van der Waals surface area contributed by atoms with Crippen molar-refractivity contribution in [2.75, 3.05) is 0 Å². The summed E-state index contributed by atoms with van der Waals surface area (Å²) in [6.45, 7) is 0. The number of benzene rings is 4. The molecule has 5 heteroatoms. The van der Waals surface area contributed by atoms with Crippen LogP contribution in [0.4, 0.5) is 0 Å². The molecule has 0 unspecified atom stereocenters. The molecule has 2 heterocycles. The lowest BCUT2D eigenvalue weighted by molar-refractivity contribution is 0.432. The highest BCUT2D eigenvalue weighted by Crippen LogP contribution is 2.27. The molecular weight excluding hydrogens is 398 g/mol. The van der Waals surface area contributed by atoms with Gasteiger partial charge in [-0.1, -0.05) is 59.8 Å². The molecule has 0 N–H and O–H groups in total. The number of hydrogen-bond donors (Lipinski definition) is 0. The first-order valence-corrected chi connectivity index (χ1v) is 10.3. The van der Waals surface area contributed by atoms with E-state index in [1.165, 1.54) is 0 Å². The van der Waals surface area contributed by atoms with E-state index < -0.39 is 0 Å². The number of pyridine rings is 1. The molecule has 32 heavy (non-hydrogen) atoms. The average Bonchev–Trinajstić information content (AvgIpc) is 3.36. The van der Waals surface area contributed by atoms with Gasteiger partial charge < -0.3 is 9.09 Å². The van der Waals surface area contributed by atoms with Gasteiger partial charge in [0.15, 0.2) is 5.43 Å². The topological polar surface area (TPSA) is 60.9 Å². The predicted octanol–water partition coefficient (Wildman–Crippen LogP) is 5.86. The van der Waals surface area contributed by atoms with Gasteiger partial charge in [0.25, 0.3) is 5.89 Å². The molecule has 5 nitrogen and oxygen atoms in total. The van der Waals surface area contributed by atoms with Crippen molar-refractivity contribution in [1.29, 1.82) is 0 Å². The summed E-state index contributed by atoms with van der Waals surface area (Å²) in [4.78, 5) is 17.5. The Bertz CT molecular complexity index is 1570. The normalized spacial score (nSPS) is 11.2. The van der Waals surface area contributed by atoms with Gasteiger partial charge in [-0.25, -0.2) is 0 Å². The van der Waals surface area contributed by atoms with Gasteiger partial charge in [-0.3, -0.25) is 4.79 Å². The maximum atomic E-state index is 13.0. The first-order chi connectivity index (χ1) is 15.8. The quantitative estimate of drug-likeness (QED) is 0.340. The fraction of sp³-hybridized carbons (Fsp3) is 0. The van der Waals surface area contributed by atoms with Crippen molar-refractivity contribution < 1.29 is 4.52 Å². The summed E-state index contributed by atoms with van der Waals surface area (Å²) in [7, 11) is 0. The second-order valence-corrected chi connectivity index (χ2v) is 7.53. The minimum atomic E-state index is 0.0448. The third-order valence-electron chi connectivity index (χ3n) is 5.61. The van der Waals surface area contributed by atoms with E-state index in [0.29, 0.717) is 22.5 Å². The van der Waals surface area contributed by atoms with Gasteiger partial charge in [0.05, 0.1) is 11.0 Å². The Hall–Kier alpha value is -4.51. The Morgan fingerprint density at radius 1 is 0.625 bits per heavy atom. The largest absolute Gasteiger partial charge is 0.334 e. The van der Waals surface area contributed by atoms with Crippen molar-refractivity contribution in [2.45, 2.75) is 0 Å². The van der Waals surface area contributed by atoms with Crippen LogP contribution in [0.5, 0.6) is 0 Å². The highest BCUT2D eigenvalue weighted by molar-refractivity contribution is 5.95. The van der Waals surface area contributed by atoms with Gasteiger partial charge in [-0.2, -0.15) is 4.98 Å². The van der Waals surface area contributed by atoms with Gasteiger partial charge in [0, 0.05) is 27.6 Å². The standard InChI is InChI=1S/C27H17N3O2/c31-25-21-10-4-6-12-23(21)30(24-13-7-5-11-22(24)25)20-16-14-19(15-17-20)27-28-26(29-32-27)18-8-2-1-3-9-18/h1-17H. The van der Waals surface area contributed by atoms with E-state index in [9.17, 15) is 4.79 Å². The van der Waals surface area contributed by atoms with Gasteiger partial charge in [-0.05, 0) is 48.5 Å². The highest BCUT2D eigenvalue weighted by Gasteiger charge is 2.13. The van der Waals surface area contributed by atoms with E-state index >= 15 is 0 Å². The third kappa shape index (κ3) is 2.91. The van der Waals surface area contributed by atoms with E-state index in [1.807, 2.05) is 103 Å².